The van der Waals surface area contributed by atoms with Gasteiger partial charge in [-0.1, -0.05) is 0 Å². The molecular formula is C12H16N2O2. The molecule has 16 heavy (non-hydrogen) atoms. The Labute approximate surface area is 94.7 Å². The van der Waals surface area contributed by atoms with Crippen LogP contribution in [0.5, 0.6) is 0 Å². The van der Waals surface area contributed by atoms with E-state index in [1.807, 2.05) is 0 Å². The fourth-order valence-electron chi connectivity index (χ4n) is 1.66. The number of nitrogens with zero attached hydrogens (tertiary/aromatic N) is 1. The fraction of sp³-hybridized carbons (Fsp3) is 0.500. The highest BCUT2D eigenvalue weighted by molar-refractivity contribution is 5.95. The molecule has 1 aromatic rings. The van der Waals surface area contributed by atoms with Crippen molar-refractivity contribution in [3.05, 3.63) is 29.6 Å². The van der Waals surface area contributed by atoms with Gasteiger partial charge in [-0.2, -0.15) is 0 Å². The van der Waals surface area contributed by atoms with Gasteiger partial charge in [-0.3, -0.25) is 9.78 Å². The zero-order valence-electron chi connectivity index (χ0n) is 9.31. The molecule has 0 spiro atoms. The Morgan fingerprint density at radius 3 is 3.06 bits per heavy atom. The highest BCUT2D eigenvalue weighted by atomic mass is 16.3. The van der Waals surface area contributed by atoms with Crippen molar-refractivity contribution in [2.75, 3.05) is 6.54 Å². The molecule has 1 aliphatic rings. The fourth-order valence-corrected chi connectivity index (χ4v) is 1.66. The molecule has 2 rings (SSSR count). The van der Waals surface area contributed by atoms with Crippen molar-refractivity contribution in [2.24, 2.45) is 5.92 Å². The van der Waals surface area contributed by atoms with Crippen LogP contribution in [-0.2, 0) is 0 Å². The maximum atomic E-state index is 11.8. The zero-order valence-corrected chi connectivity index (χ0v) is 9.31. The predicted molar refractivity (Wildman–Crippen MR) is 60.0 cm³/mol. The highest BCUT2D eigenvalue weighted by Crippen LogP contribution is 2.32. The third-order valence-electron chi connectivity index (χ3n) is 2.89. The Balaban J connectivity index is 1.90. The van der Waals surface area contributed by atoms with E-state index in [1.54, 1.807) is 25.3 Å². The SMILES string of the molecule is Cc1ncccc1C(=O)NCC(O)C1CC1. The number of aliphatic hydroxyl groups is 1. The van der Waals surface area contributed by atoms with Crippen molar-refractivity contribution in [2.45, 2.75) is 25.9 Å². The largest absolute Gasteiger partial charge is 0.391 e. The number of amides is 1. The Kier molecular flexibility index (Phi) is 3.19. The van der Waals surface area contributed by atoms with Gasteiger partial charge in [0.15, 0.2) is 0 Å². The van der Waals surface area contributed by atoms with Gasteiger partial charge < -0.3 is 10.4 Å². The summed E-state index contributed by atoms with van der Waals surface area (Å²) in [4.78, 5) is 15.8. The number of pyridine rings is 1. The summed E-state index contributed by atoms with van der Waals surface area (Å²) < 4.78 is 0. The summed E-state index contributed by atoms with van der Waals surface area (Å²) in [5, 5.41) is 12.4. The van der Waals surface area contributed by atoms with Crippen LogP contribution in [0.3, 0.4) is 0 Å². The lowest BCUT2D eigenvalue weighted by Crippen LogP contribution is -2.33. The number of aliphatic hydroxyl groups excluding tert-OH is 1. The minimum absolute atomic E-state index is 0.162. The van der Waals surface area contributed by atoms with Gasteiger partial charge in [0.1, 0.15) is 0 Å². The summed E-state index contributed by atoms with van der Waals surface area (Å²) in [6.45, 7) is 2.13. The third-order valence-corrected chi connectivity index (χ3v) is 2.89. The molecule has 1 unspecified atom stereocenters. The topological polar surface area (TPSA) is 62.2 Å². The lowest BCUT2D eigenvalue weighted by molar-refractivity contribution is 0.0900. The number of hydrogen-bond acceptors (Lipinski definition) is 3. The smallest absolute Gasteiger partial charge is 0.253 e. The Hall–Kier alpha value is -1.42. The van der Waals surface area contributed by atoms with Crippen molar-refractivity contribution in [1.29, 1.82) is 0 Å². The van der Waals surface area contributed by atoms with Crippen molar-refractivity contribution in [3.8, 4) is 0 Å². The van der Waals surface area contributed by atoms with Crippen molar-refractivity contribution in [1.82, 2.24) is 10.3 Å². The van der Waals surface area contributed by atoms with Crippen molar-refractivity contribution < 1.29 is 9.90 Å². The molecular weight excluding hydrogens is 204 g/mol. The number of rotatable bonds is 4. The maximum Gasteiger partial charge on any atom is 0.253 e. The standard InChI is InChI=1S/C12H16N2O2/c1-8-10(3-2-6-13-8)12(16)14-7-11(15)9-4-5-9/h2-3,6,9,11,15H,4-5,7H2,1H3,(H,14,16). The molecule has 1 fully saturated rings. The van der Waals surface area contributed by atoms with Crippen molar-refractivity contribution >= 4 is 5.91 Å². The second-order valence-electron chi connectivity index (χ2n) is 4.25. The van der Waals surface area contributed by atoms with Crippen LogP contribution in [0, 0.1) is 12.8 Å². The van der Waals surface area contributed by atoms with Gasteiger partial charge in [-0.05, 0) is 37.8 Å². The number of carbonyl (C=O) groups excluding carboxylic acids is 1. The Bertz CT molecular complexity index is 388. The lowest BCUT2D eigenvalue weighted by atomic mass is 10.2. The molecule has 1 heterocycles. The van der Waals surface area contributed by atoms with Crippen LogP contribution in [0.1, 0.15) is 28.9 Å². The van der Waals surface area contributed by atoms with Crippen LogP contribution in [0.25, 0.3) is 0 Å². The molecule has 0 radical (unpaired) electrons. The molecule has 1 saturated carbocycles. The van der Waals surface area contributed by atoms with Gasteiger partial charge in [0.2, 0.25) is 0 Å². The summed E-state index contributed by atoms with van der Waals surface area (Å²) in [7, 11) is 0. The van der Waals surface area contributed by atoms with Crippen LogP contribution < -0.4 is 5.32 Å². The Morgan fingerprint density at radius 2 is 2.44 bits per heavy atom. The molecule has 1 aliphatic carbocycles. The molecule has 0 aromatic carbocycles. The van der Waals surface area contributed by atoms with E-state index in [-0.39, 0.29) is 5.91 Å². The predicted octanol–water partition coefficient (Wildman–Crippen LogP) is 0.891. The van der Waals surface area contributed by atoms with E-state index in [0.29, 0.717) is 23.7 Å². The second-order valence-corrected chi connectivity index (χ2v) is 4.25. The molecule has 1 amide bonds. The number of nitrogens with one attached hydrogen (secondary N) is 1. The first-order valence-corrected chi connectivity index (χ1v) is 5.56. The number of aromatic nitrogens is 1. The average molecular weight is 220 g/mol. The molecule has 1 aromatic heterocycles. The van der Waals surface area contributed by atoms with E-state index in [2.05, 4.69) is 10.3 Å². The number of hydrogen-bond donors (Lipinski definition) is 2. The first kappa shape index (κ1) is 11.1. The van der Waals surface area contributed by atoms with Crippen LogP contribution in [0.4, 0.5) is 0 Å². The summed E-state index contributed by atoms with van der Waals surface area (Å²) in [5.41, 5.74) is 1.28. The maximum absolute atomic E-state index is 11.8. The first-order valence-electron chi connectivity index (χ1n) is 5.56. The molecule has 0 bridgehead atoms. The lowest BCUT2D eigenvalue weighted by Gasteiger charge is -2.11. The van der Waals surface area contributed by atoms with Crippen LogP contribution in [0.15, 0.2) is 18.3 Å². The van der Waals surface area contributed by atoms with Gasteiger partial charge in [0.25, 0.3) is 5.91 Å². The van der Waals surface area contributed by atoms with E-state index in [4.69, 9.17) is 0 Å². The number of carbonyl (C=O) groups is 1. The normalized spacial score (nSPS) is 16.9. The molecule has 0 saturated heterocycles. The van der Waals surface area contributed by atoms with E-state index in [1.165, 1.54) is 0 Å². The van der Waals surface area contributed by atoms with Gasteiger partial charge in [0, 0.05) is 18.4 Å². The monoisotopic (exact) mass is 220 g/mol. The summed E-state index contributed by atoms with van der Waals surface area (Å²) >= 11 is 0. The summed E-state index contributed by atoms with van der Waals surface area (Å²) in [6, 6.07) is 3.47. The molecule has 4 heteroatoms. The molecule has 0 aliphatic heterocycles. The summed E-state index contributed by atoms with van der Waals surface area (Å²) in [6.07, 6.45) is 3.40. The molecule has 86 valence electrons. The minimum Gasteiger partial charge on any atom is -0.391 e. The van der Waals surface area contributed by atoms with Crippen LogP contribution in [-0.4, -0.2) is 28.6 Å². The van der Waals surface area contributed by atoms with Crippen molar-refractivity contribution in [3.63, 3.8) is 0 Å². The highest BCUT2D eigenvalue weighted by Gasteiger charge is 2.29. The van der Waals surface area contributed by atoms with E-state index >= 15 is 0 Å². The number of aryl methyl sites for hydroxylation is 1. The second kappa shape index (κ2) is 4.61. The van der Waals surface area contributed by atoms with E-state index < -0.39 is 6.10 Å². The third kappa shape index (κ3) is 2.58. The van der Waals surface area contributed by atoms with Gasteiger partial charge >= 0.3 is 0 Å². The van der Waals surface area contributed by atoms with Crippen LogP contribution >= 0.6 is 0 Å². The van der Waals surface area contributed by atoms with E-state index in [9.17, 15) is 9.90 Å². The molecule has 2 N–H and O–H groups in total. The van der Waals surface area contributed by atoms with Crippen LogP contribution in [0.2, 0.25) is 0 Å². The average Bonchev–Trinajstić information content (AvgIpc) is 3.10. The first-order chi connectivity index (χ1) is 7.68. The Morgan fingerprint density at radius 1 is 1.69 bits per heavy atom. The van der Waals surface area contributed by atoms with Gasteiger partial charge in [-0.15, -0.1) is 0 Å². The van der Waals surface area contributed by atoms with E-state index in [0.717, 1.165) is 12.8 Å². The zero-order chi connectivity index (χ0) is 11.5. The molecule has 1 atom stereocenters. The van der Waals surface area contributed by atoms with Gasteiger partial charge in [-0.25, -0.2) is 0 Å². The van der Waals surface area contributed by atoms with Gasteiger partial charge in [0.05, 0.1) is 11.7 Å². The minimum atomic E-state index is -0.402. The molecule has 4 nitrogen and oxygen atoms in total. The quantitative estimate of drug-likeness (QED) is 0.792. The summed E-state index contributed by atoms with van der Waals surface area (Å²) in [5.74, 6) is 0.223.